The number of hydrogen-bond donors (Lipinski definition) is 0. The molecule has 156 valence electrons. The lowest BCUT2D eigenvalue weighted by molar-refractivity contribution is 0.0766. The molecule has 30 heavy (non-hydrogen) atoms. The Kier molecular flexibility index (Phi) is 5.59. The molecular formula is C25H27NO4. The third-order valence-corrected chi connectivity index (χ3v) is 6.38. The van der Waals surface area contributed by atoms with E-state index in [2.05, 4.69) is 6.07 Å². The molecule has 2 fully saturated rings. The van der Waals surface area contributed by atoms with Crippen LogP contribution in [0.5, 0.6) is 23.0 Å². The third kappa shape index (κ3) is 3.70. The lowest BCUT2D eigenvalue weighted by Crippen LogP contribution is -2.30. The van der Waals surface area contributed by atoms with E-state index in [9.17, 15) is 5.26 Å². The van der Waals surface area contributed by atoms with Crippen LogP contribution in [-0.4, -0.2) is 26.9 Å². The van der Waals surface area contributed by atoms with Gasteiger partial charge in [0.1, 0.15) is 5.60 Å². The van der Waals surface area contributed by atoms with Crippen molar-refractivity contribution in [2.75, 3.05) is 21.3 Å². The van der Waals surface area contributed by atoms with Crippen molar-refractivity contribution in [1.29, 1.82) is 5.26 Å². The summed E-state index contributed by atoms with van der Waals surface area (Å²) in [6.45, 7) is 0. The molecule has 0 unspecified atom stereocenters. The molecule has 2 saturated carbocycles. The fourth-order valence-corrected chi connectivity index (χ4v) is 4.84. The van der Waals surface area contributed by atoms with E-state index in [1.165, 1.54) is 12.8 Å². The minimum absolute atomic E-state index is 0.0704. The van der Waals surface area contributed by atoms with Gasteiger partial charge in [-0.2, -0.15) is 5.26 Å². The van der Waals surface area contributed by atoms with E-state index in [0.29, 0.717) is 17.2 Å². The van der Waals surface area contributed by atoms with Gasteiger partial charge < -0.3 is 18.9 Å². The second-order valence-corrected chi connectivity index (χ2v) is 8.06. The van der Waals surface area contributed by atoms with E-state index in [4.69, 9.17) is 18.9 Å². The van der Waals surface area contributed by atoms with Crippen molar-refractivity contribution < 1.29 is 18.9 Å². The maximum atomic E-state index is 9.43. The van der Waals surface area contributed by atoms with Gasteiger partial charge >= 0.3 is 0 Å². The number of rotatable bonds is 7. The Labute approximate surface area is 177 Å². The van der Waals surface area contributed by atoms with Crippen molar-refractivity contribution in [3.05, 3.63) is 53.6 Å². The van der Waals surface area contributed by atoms with Gasteiger partial charge in [-0.3, -0.25) is 0 Å². The van der Waals surface area contributed by atoms with Gasteiger partial charge in [0.05, 0.1) is 27.4 Å². The largest absolute Gasteiger partial charge is 0.493 e. The lowest BCUT2D eigenvalue weighted by atomic mass is 9.95. The van der Waals surface area contributed by atoms with Gasteiger partial charge in [0, 0.05) is 6.08 Å². The highest BCUT2D eigenvalue weighted by Gasteiger charge is 2.47. The van der Waals surface area contributed by atoms with Crippen LogP contribution < -0.4 is 18.9 Å². The first kappa shape index (κ1) is 20.2. The minimum atomic E-state index is -0.0704. The Morgan fingerprint density at radius 2 is 1.47 bits per heavy atom. The van der Waals surface area contributed by atoms with Crippen LogP contribution in [-0.2, 0) is 0 Å². The average molecular weight is 405 g/mol. The van der Waals surface area contributed by atoms with Crippen molar-refractivity contribution in [3.8, 4) is 29.1 Å². The van der Waals surface area contributed by atoms with Gasteiger partial charge in [-0.25, -0.2) is 0 Å². The lowest BCUT2D eigenvalue weighted by Gasteiger charge is -2.29. The van der Waals surface area contributed by atoms with E-state index in [-0.39, 0.29) is 5.60 Å². The van der Waals surface area contributed by atoms with Gasteiger partial charge in [-0.05, 0) is 79.0 Å². The summed E-state index contributed by atoms with van der Waals surface area (Å²) in [7, 11) is 4.86. The maximum absolute atomic E-state index is 9.43. The number of hydrogen-bond acceptors (Lipinski definition) is 5. The molecule has 5 nitrogen and oxygen atoms in total. The van der Waals surface area contributed by atoms with E-state index in [0.717, 1.165) is 47.6 Å². The van der Waals surface area contributed by atoms with Crippen LogP contribution in [0.25, 0.3) is 5.57 Å². The molecule has 2 aliphatic rings. The van der Waals surface area contributed by atoms with Gasteiger partial charge in [-0.15, -0.1) is 0 Å². The molecule has 0 radical (unpaired) electrons. The maximum Gasteiger partial charge on any atom is 0.162 e. The molecule has 0 aromatic heterocycles. The molecule has 4 rings (SSSR count). The van der Waals surface area contributed by atoms with Gasteiger partial charge in [0.15, 0.2) is 23.0 Å². The molecule has 2 aromatic rings. The number of nitrogens with zero attached hydrogens (tertiary/aromatic N) is 1. The molecule has 0 amide bonds. The molecule has 0 N–H and O–H groups in total. The first-order valence-corrected chi connectivity index (χ1v) is 10.3. The minimum Gasteiger partial charge on any atom is -0.493 e. The second-order valence-electron chi connectivity index (χ2n) is 8.06. The number of fused-ring (bicyclic) bond motifs is 2. The first-order chi connectivity index (χ1) is 14.6. The van der Waals surface area contributed by atoms with Crippen molar-refractivity contribution in [3.63, 3.8) is 0 Å². The highest BCUT2D eigenvalue weighted by Crippen LogP contribution is 2.51. The number of allylic oxidation sites excluding steroid dienone is 1. The molecule has 2 aliphatic carbocycles. The zero-order chi connectivity index (χ0) is 21.1. The fraction of sp³-hybridized carbons (Fsp3) is 0.400. The van der Waals surface area contributed by atoms with E-state index >= 15 is 0 Å². The zero-order valence-corrected chi connectivity index (χ0v) is 17.7. The molecule has 5 heteroatoms. The van der Waals surface area contributed by atoms with Crippen LogP contribution in [0, 0.1) is 17.2 Å². The Morgan fingerprint density at radius 1 is 0.900 bits per heavy atom. The van der Waals surface area contributed by atoms with Gasteiger partial charge in [-0.1, -0.05) is 12.1 Å². The average Bonchev–Trinajstić information content (AvgIpc) is 3.37. The smallest absolute Gasteiger partial charge is 0.162 e. The molecule has 0 atom stereocenters. The summed E-state index contributed by atoms with van der Waals surface area (Å²) in [5, 5.41) is 9.43. The van der Waals surface area contributed by atoms with Crippen LogP contribution in [0.3, 0.4) is 0 Å². The monoisotopic (exact) mass is 405 g/mol. The summed E-state index contributed by atoms with van der Waals surface area (Å²) < 4.78 is 22.9. The van der Waals surface area contributed by atoms with Crippen molar-refractivity contribution in [2.45, 2.75) is 37.7 Å². The Morgan fingerprint density at radius 3 is 1.97 bits per heavy atom. The standard InChI is InChI=1S/C25H27NO4/c1-27-21-6-4-18(14-23(21)29-3)20(10-13-26)19-5-7-22(28-2)24(15-19)30-25-11-8-17(16-25)9-12-25/h4-7,10,14-15,17H,8-9,11-12,16H2,1-3H3/b20-10+. The van der Waals surface area contributed by atoms with Gasteiger partial charge in [0.25, 0.3) is 0 Å². The summed E-state index contributed by atoms with van der Waals surface area (Å²) >= 11 is 0. The number of benzene rings is 2. The first-order valence-electron chi connectivity index (χ1n) is 10.3. The topological polar surface area (TPSA) is 60.7 Å². The van der Waals surface area contributed by atoms with Crippen LogP contribution in [0.15, 0.2) is 42.5 Å². The van der Waals surface area contributed by atoms with E-state index in [1.54, 1.807) is 27.4 Å². The van der Waals surface area contributed by atoms with E-state index < -0.39 is 0 Å². The summed E-state index contributed by atoms with van der Waals surface area (Å²) in [5.74, 6) is 3.51. The Balaban J connectivity index is 1.72. The highest BCUT2D eigenvalue weighted by atomic mass is 16.5. The summed E-state index contributed by atoms with van der Waals surface area (Å²) in [4.78, 5) is 0. The predicted molar refractivity (Wildman–Crippen MR) is 115 cm³/mol. The predicted octanol–water partition coefficient (Wildman–Crippen LogP) is 5.38. The highest BCUT2D eigenvalue weighted by molar-refractivity contribution is 5.83. The molecular weight excluding hydrogens is 378 g/mol. The molecule has 2 aromatic carbocycles. The van der Waals surface area contributed by atoms with Crippen molar-refractivity contribution in [1.82, 2.24) is 0 Å². The Hall–Kier alpha value is -3.13. The third-order valence-electron chi connectivity index (χ3n) is 6.38. The molecule has 2 bridgehead atoms. The van der Waals surface area contributed by atoms with Crippen LogP contribution in [0.4, 0.5) is 0 Å². The Bertz CT molecular complexity index is 997. The normalized spacial score (nSPS) is 22.5. The SMILES string of the molecule is COc1ccc(/C(=C\C#N)c2ccc(OC)c(OC34CCC(CC3)C4)c2)cc1OC. The zero-order valence-electron chi connectivity index (χ0n) is 17.7. The van der Waals surface area contributed by atoms with Crippen molar-refractivity contribution in [2.24, 2.45) is 5.92 Å². The van der Waals surface area contributed by atoms with Crippen LogP contribution in [0.2, 0.25) is 0 Å². The number of ether oxygens (including phenoxy) is 4. The fourth-order valence-electron chi connectivity index (χ4n) is 4.84. The summed E-state index contributed by atoms with van der Waals surface area (Å²) in [6.07, 6.45) is 7.35. The van der Waals surface area contributed by atoms with Crippen LogP contribution in [0.1, 0.15) is 43.2 Å². The quantitative estimate of drug-likeness (QED) is 0.579. The molecule has 0 aliphatic heterocycles. The molecule has 0 heterocycles. The van der Waals surface area contributed by atoms with Gasteiger partial charge in [0.2, 0.25) is 0 Å². The van der Waals surface area contributed by atoms with Crippen LogP contribution >= 0.6 is 0 Å². The summed E-state index contributed by atoms with van der Waals surface area (Å²) in [5.41, 5.74) is 2.48. The summed E-state index contributed by atoms with van der Waals surface area (Å²) in [6, 6.07) is 13.7. The number of nitriles is 1. The van der Waals surface area contributed by atoms with Crippen molar-refractivity contribution >= 4 is 5.57 Å². The molecule has 0 spiro atoms. The van der Waals surface area contributed by atoms with E-state index in [1.807, 2.05) is 36.4 Å². The number of methoxy groups -OCH3 is 3. The molecule has 0 saturated heterocycles. The second kappa shape index (κ2) is 8.31.